The molecule has 3 aliphatic rings. The summed E-state index contributed by atoms with van der Waals surface area (Å²) in [6.45, 7) is 0.463. The normalized spacial score (nSPS) is 26.7. The van der Waals surface area contributed by atoms with Gasteiger partial charge in [0.2, 0.25) is 11.8 Å². The highest BCUT2D eigenvalue weighted by Gasteiger charge is 2.53. The van der Waals surface area contributed by atoms with Crippen LogP contribution in [0.25, 0.3) is 0 Å². The number of barbiturate groups is 1. The third-order valence-electron chi connectivity index (χ3n) is 4.72. The number of urea groups is 1. The number of rotatable bonds is 3. The van der Waals surface area contributed by atoms with Crippen molar-refractivity contribution in [1.82, 2.24) is 10.2 Å². The average Bonchev–Trinajstić information content (AvgIpc) is 3.22. The Hall–Kier alpha value is -1.39. The van der Waals surface area contributed by atoms with Gasteiger partial charge in [0.1, 0.15) is 5.41 Å². The van der Waals surface area contributed by atoms with Crippen molar-refractivity contribution >= 4 is 17.8 Å². The molecule has 0 aromatic carbocycles. The van der Waals surface area contributed by atoms with Crippen LogP contribution >= 0.6 is 0 Å². The van der Waals surface area contributed by atoms with Gasteiger partial charge in [-0.1, -0.05) is 32.1 Å². The monoisotopic (exact) mass is 264 g/mol. The van der Waals surface area contributed by atoms with E-state index >= 15 is 0 Å². The van der Waals surface area contributed by atoms with E-state index in [4.69, 9.17) is 0 Å². The Bertz CT molecular complexity index is 422. The van der Waals surface area contributed by atoms with Crippen molar-refractivity contribution in [2.75, 3.05) is 6.54 Å². The van der Waals surface area contributed by atoms with Crippen molar-refractivity contribution in [1.29, 1.82) is 0 Å². The zero-order valence-corrected chi connectivity index (χ0v) is 11.1. The standard InChI is InChI=1S/C14H20N2O3/c17-11-14(7-2-1-3-8-14)12(18)16(13(19)15-11)9-6-10-4-5-10/h10H,1-9H2,(H,15,17,19). The molecule has 1 saturated heterocycles. The van der Waals surface area contributed by atoms with Crippen LogP contribution in [-0.4, -0.2) is 29.3 Å². The molecule has 4 amide bonds. The van der Waals surface area contributed by atoms with Crippen molar-refractivity contribution in [2.24, 2.45) is 11.3 Å². The molecule has 2 aliphatic carbocycles. The van der Waals surface area contributed by atoms with Crippen LogP contribution in [0.4, 0.5) is 4.79 Å². The Labute approximate surface area is 112 Å². The van der Waals surface area contributed by atoms with E-state index < -0.39 is 11.4 Å². The zero-order valence-electron chi connectivity index (χ0n) is 11.1. The predicted octanol–water partition coefficient (Wildman–Crippen LogP) is 1.82. The maximum Gasteiger partial charge on any atom is 0.330 e. The first-order chi connectivity index (χ1) is 9.13. The topological polar surface area (TPSA) is 66.5 Å². The molecule has 3 fully saturated rings. The molecule has 1 spiro atoms. The predicted molar refractivity (Wildman–Crippen MR) is 68.1 cm³/mol. The number of imide groups is 2. The van der Waals surface area contributed by atoms with Gasteiger partial charge in [0.05, 0.1) is 0 Å². The van der Waals surface area contributed by atoms with Gasteiger partial charge < -0.3 is 0 Å². The molecule has 19 heavy (non-hydrogen) atoms. The van der Waals surface area contributed by atoms with Crippen molar-refractivity contribution < 1.29 is 14.4 Å². The molecule has 104 valence electrons. The Morgan fingerprint density at radius 3 is 2.42 bits per heavy atom. The lowest BCUT2D eigenvalue weighted by molar-refractivity contribution is -0.154. The molecule has 0 radical (unpaired) electrons. The van der Waals surface area contributed by atoms with Crippen molar-refractivity contribution in [3.8, 4) is 0 Å². The maximum atomic E-state index is 12.6. The smallest absolute Gasteiger partial charge is 0.277 e. The molecule has 1 N–H and O–H groups in total. The third kappa shape index (κ3) is 2.15. The molecule has 2 saturated carbocycles. The van der Waals surface area contributed by atoms with Crippen LogP contribution < -0.4 is 5.32 Å². The summed E-state index contributed by atoms with van der Waals surface area (Å²) in [4.78, 5) is 37.8. The second kappa shape index (κ2) is 4.62. The summed E-state index contributed by atoms with van der Waals surface area (Å²) < 4.78 is 0. The van der Waals surface area contributed by atoms with Crippen LogP contribution in [0.5, 0.6) is 0 Å². The minimum atomic E-state index is -0.949. The van der Waals surface area contributed by atoms with Gasteiger partial charge in [0, 0.05) is 6.54 Å². The molecule has 5 nitrogen and oxygen atoms in total. The van der Waals surface area contributed by atoms with E-state index in [9.17, 15) is 14.4 Å². The molecular formula is C14H20N2O3. The van der Waals surface area contributed by atoms with Crippen LogP contribution in [0.2, 0.25) is 0 Å². The van der Waals surface area contributed by atoms with Crippen molar-refractivity contribution in [3.63, 3.8) is 0 Å². The quantitative estimate of drug-likeness (QED) is 0.791. The fourth-order valence-corrected chi connectivity index (χ4v) is 3.25. The Morgan fingerprint density at radius 2 is 1.79 bits per heavy atom. The van der Waals surface area contributed by atoms with E-state index in [1.807, 2.05) is 0 Å². The number of carbonyl (C=O) groups excluding carboxylic acids is 3. The van der Waals surface area contributed by atoms with E-state index in [0.29, 0.717) is 25.3 Å². The minimum absolute atomic E-state index is 0.249. The van der Waals surface area contributed by atoms with Gasteiger partial charge in [-0.15, -0.1) is 0 Å². The molecule has 3 rings (SSSR count). The fraction of sp³-hybridized carbons (Fsp3) is 0.786. The zero-order chi connectivity index (χ0) is 13.5. The number of amides is 4. The van der Waals surface area contributed by atoms with Gasteiger partial charge in [-0.25, -0.2) is 4.79 Å². The van der Waals surface area contributed by atoms with E-state index in [1.165, 1.54) is 17.7 Å². The Balaban J connectivity index is 1.77. The molecule has 0 unspecified atom stereocenters. The van der Waals surface area contributed by atoms with E-state index in [-0.39, 0.29) is 11.8 Å². The highest BCUT2D eigenvalue weighted by atomic mass is 16.2. The molecular weight excluding hydrogens is 244 g/mol. The molecule has 0 aromatic rings. The third-order valence-corrected chi connectivity index (χ3v) is 4.72. The summed E-state index contributed by atoms with van der Waals surface area (Å²) in [7, 11) is 0. The lowest BCUT2D eigenvalue weighted by Crippen LogP contribution is -2.64. The first-order valence-electron chi connectivity index (χ1n) is 7.31. The number of hydrogen-bond acceptors (Lipinski definition) is 3. The second-order valence-corrected chi connectivity index (χ2v) is 6.09. The van der Waals surface area contributed by atoms with Crippen molar-refractivity contribution in [3.05, 3.63) is 0 Å². The van der Waals surface area contributed by atoms with E-state index in [0.717, 1.165) is 25.7 Å². The molecule has 0 aromatic heterocycles. The number of nitrogens with zero attached hydrogens (tertiary/aromatic N) is 1. The number of nitrogens with one attached hydrogen (secondary N) is 1. The van der Waals surface area contributed by atoms with E-state index in [2.05, 4.69) is 5.32 Å². The molecule has 1 heterocycles. The molecule has 5 heteroatoms. The van der Waals surface area contributed by atoms with Crippen LogP contribution in [-0.2, 0) is 9.59 Å². The van der Waals surface area contributed by atoms with Crippen LogP contribution in [0.15, 0.2) is 0 Å². The lowest BCUT2D eigenvalue weighted by atomic mass is 9.71. The SMILES string of the molecule is O=C1NC(=O)C2(CCCCC2)C(=O)N1CCC1CC1. The van der Waals surface area contributed by atoms with Gasteiger partial charge in [0.15, 0.2) is 0 Å². The van der Waals surface area contributed by atoms with E-state index in [1.54, 1.807) is 0 Å². The summed E-state index contributed by atoms with van der Waals surface area (Å²) in [6, 6.07) is -0.521. The van der Waals surface area contributed by atoms with Gasteiger partial charge in [0.25, 0.3) is 0 Å². The summed E-state index contributed by atoms with van der Waals surface area (Å²) >= 11 is 0. The van der Waals surface area contributed by atoms with Crippen molar-refractivity contribution in [2.45, 2.75) is 51.4 Å². The summed E-state index contributed by atoms with van der Waals surface area (Å²) in [5.74, 6) is 0.0482. The highest BCUT2D eigenvalue weighted by Crippen LogP contribution is 2.40. The minimum Gasteiger partial charge on any atom is -0.277 e. The van der Waals surface area contributed by atoms with Gasteiger partial charge >= 0.3 is 6.03 Å². The maximum absolute atomic E-state index is 12.6. The molecule has 1 aliphatic heterocycles. The second-order valence-electron chi connectivity index (χ2n) is 6.09. The number of hydrogen-bond donors (Lipinski definition) is 1. The summed E-state index contributed by atoms with van der Waals surface area (Å²) in [5.41, 5.74) is -0.949. The molecule has 0 bridgehead atoms. The highest BCUT2D eigenvalue weighted by molar-refractivity contribution is 6.19. The van der Waals surface area contributed by atoms with Gasteiger partial charge in [-0.3, -0.25) is 19.8 Å². The van der Waals surface area contributed by atoms with Crippen LogP contribution in [0.3, 0.4) is 0 Å². The Kier molecular flexibility index (Phi) is 3.07. The lowest BCUT2D eigenvalue weighted by Gasteiger charge is -2.41. The largest absolute Gasteiger partial charge is 0.330 e. The first kappa shape index (κ1) is 12.6. The van der Waals surface area contributed by atoms with Crippen LogP contribution in [0.1, 0.15) is 51.4 Å². The first-order valence-corrected chi connectivity index (χ1v) is 7.31. The Morgan fingerprint density at radius 1 is 1.11 bits per heavy atom. The van der Waals surface area contributed by atoms with Crippen LogP contribution in [0, 0.1) is 11.3 Å². The summed E-state index contributed by atoms with van der Waals surface area (Å²) in [6.07, 6.45) is 7.31. The molecule has 0 atom stereocenters. The fourth-order valence-electron chi connectivity index (χ4n) is 3.25. The number of carbonyl (C=O) groups is 3. The average molecular weight is 264 g/mol. The van der Waals surface area contributed by atoms with Gasteiger partial charge in [-0.2, -0.15) is 0 Å². The summed E-state index contributed by atoms with van der Waals surface area (Å²) in [5, 5.41) is 2.39. The van der Waals surface area contributed by atoms with Gasteiger partial charge in [-0.05, 0) is 25.2 Å².